The summed E-state index contributed by atoms with van der Waals surface area (Å²) in [5.74, 6) is -1.26. The number of hydrogen-bond acceptors (Lipinski definition) is 3. The Morgan fingerprint density at radius 3 is 2.17 bits per heavy atom. The first-order valence-electron chi connectivity index (χ1n) is 8.57. The number of aromatic nitrogens is 2. The van der Waals surface area contributed by atoms with Gasteiger partial charge in [-0.15, -0.1) is 0 Å². The zero-order valence-electron chi connectivity index (χ0n) is 15.5. The van der Waals surface area contributed by atoms with Crippen molar-refractivity contribution in [2.24, 2.45) is 0 Å². The zero-order chi connectivity index (χ0) is 21.2. The SMILES string of the molecule is CC(=O)Nc1cccc(NC(=O)c2cnn(-c3ccccc3)c2C(F)(F)F)c1C. The molecule has 0 unspecified atom stereocenters. The molecule has 0 radical (unpaired) electrons. The lowest BCUT2D eigenvalue weighted by molar-refractivity contribution is -0.143. The highest BCUT2D eigenvalue weighted by atomic mass is 19.4. The number of halogens is 3. The van der Waals surface area contributed by atoms with Crippen LogP contribution < -0.4 is 10.6 Å². The third kappa shape index (κ3) is 4.29. The molecule has 29 heavy (non-hydrogen) atoms. The lowest BCUT2D eigenvalue weighted by Crippen LogP contribution is -2.21. The summed E-state index contributed by atoms with van der Waals surface area (Å²) >= 11 is 0. The van der Waals surface area contributed by atoms with E-state index in [9.17, 15) is 22.8 Å². The van der Waals surface area contributed by atoms with E-state index in [-0.39, 0.29) is 17.3 Å². The molecular formula is C20H17F3N4O2. The van der Waals surface area contributed by atoms with E-state index in [4.69, 9.17) is 0 Å². The maximum Gasteiger partial charge on any atom is 0.434 e. The lowest BCUT2D eigenvalue weighted by atomic mass is 10.1. The van der Waals surface area contributed by atoms with Crippen molar-refractivity contribution < 1.29 is 22.8 Å². The van der Waals surface area contributed by atoms with Crippen LogP contribution in [0.2, 0.25) is 0 Å². The van der Waals surface area contributed by atoms with Crippen molar-refractivity contribution in [1.82, 2.24) is 9.78 Å². The molecule has 3 rings (SSSR count). The van der Waals surface area contributed by atoms with Crippen LogP contribution in [0.5, 0.6) is 0 Å². The minimum Gasteiger partial charge on any atom is -0.326 e. The monoisotopic (exact) mass is 402 g/mol. The van der Waals surface area contributed by atoms with Gasteiger partial charge in [0.15, 0.2) is 5.69 Å². The van der Waals surface area contributed by atoms with Crippen LogP contribution in [0.1, 0.15) is 28.5 Å². The van der Waals surface area contributed by atoms with Crippen molar-refractivity contribution in [3.8, 4) is 5.69 Å². The first kappa shape index (κ1) is 20.1. The molecule has 9 heteroatoms. The Morgan fingerprint density at radius 2 is 1.59 bits per heavy atom. The van der Waals surface area contributed by atoms with Gasteiger partial charge in [-0.2, -0.15) is 18.3 Å². The highest BCUT2D eigenvalue weighted by molar-refractivity contribution is 6.06. The lowest BCUT2D eigenvalue weighted by Gasteiger charge is -2.14. The summed E-state index contributed by atoms with van der Waals surface area (Å²) < 4.78 is 41.9. The normalized spacial score (nSPS) is 11.2. The van der Waals surface area contributed by atoms with Crippen LogP contribution in [-0.2, 0) is 11.0 Å². The van der Waals surface area contributed by atoms with Crippen LogP contribution in [0.15, 0.2) is 54.7 Å². The Balaban J connectivity index is 1.99. The predicted octanol–water partition coefficient (Wildman–Crippen LogP) is 4.41. The van der Waals surface area contributed by atoms with Gasteiger partial charge in [0.25, 0.3) is 5.91 Å². The summed E-state index contributed by atoms with van der Waals surface area (Å²) in [6.07, 6.45) is -3.91. The predicted molar refractivity (Wildman–Crippen MR) is 102 cm³/mol. The zero-order valence-corrected chi connectivity index (χ0v) is 15.5. The number of carbonyl (C=O) groups excluding carboxylic acids is 2. The standard InChI is InChI=1S/C20H17F3N4O2/c1-12-16(25-13(2)28)9-6-10-17(12)26-19(29)15-11-24-27(18(15)20(21,22)23)14-7-4-3-5-8-14/h3-11H,1-2H3,(H,25,28)(H,26,29). The van der Waals surface area contributed by atoms with Crippen molar-refractivity contribution in [2.45, 2.75) is 20.0 Å². The van der Waals surface area contributed by atoms with Gasteiger partial charge >= 0.3 is 6.18 Å². The number of carbonyl (C=O) groups is 2. The van der Waals surface area contributed by atoms with Gasteiger partial charge in [0.05, 0.1) is 17.4 Å². The Hall–Kier alpha value is -3.62. The fourth-order valence-corrected chi connectivity index (χ4v) is 2.84. The molecule has 2 amide bonds. The van der Waals surface area contributed by atoms with Gasteiger partial charge in [-0.25, -0.2) is 4.68 Å². The van der Waals surface area contributed by atoms with Gasteiger partial charge in [-0.3, -0.25) is 9.59 Å². The maximum absolute atomic E-state index is 13.7. The molecule has 0 aliphatic heterocycles. The number of benzene rings is 2. The number of rotatable bonds is 4. The van der Waals surface area contributed by atoms with Crippen molar-refractivity contribution in [3.05, 3.63) is 71.5 Å². The molecule has 0 atom stereocenters. The fraction of sp³-hybridized carbons (Fsp3) is 0.150. The molecule has 0 bridgehead atoms. The Morgan fingerprint density at radius 1 is 0.966 bits per heavy atom. The van der Waals surface area contributed by atoms with E-state index < -0.39 is 23.3 Å². The molecule has 0 spiro atoms. The molecule has 0 fully saturated rings. The maximum atomic E-state index is 13.7. The second-order valence-electron chi connectivity index (χ2n) is 6.27. The summed E-state index contributed by atoms with van der Waals surface area (Å²) in [4.78, 5) is 23.9. The van der Waals surface area contributed by atoms with Crippen LogP contribution in [0, 0.1) is 6.92 Å². The average Bonchev–Trinajstić information content (AvgIpc) is 3.11. The van der Waals surface area contributed by atoms with Gasteiger partial charge in [-0.1, -0.05) is 24.3 Å². The van der Waals surface area contributed by atoms with E-state index >= 15 is 0 Å². The molecule has 0 aliphatic carbocycles. The Labute approximate surface area is 164 Å². The van der Waals surface area contributed by atoms with Crippen LogP contribution in [0.25, 0.3) is 5.69 Å². The highest BCUT2D eigenvalue weighted by Crippen LogP contribution is 2.34. The minimum absolute atomic E-state index is 0.183. The first-order chi connectivity index (χ1) is 13.7. The molecule has 1 aromatic heterocycles. The summed E-state index contributed by atoms with van der Waals surface area (Å²) in [6.45, 7) is 2.97. The van der Waals surface area contributed by atoms with Gasteiger partial charge in [-0.05, 0) is 36.8 Å². The molecule has 6 nitrogen and oxygen atoms in total. The number of anilines is 2. The molecular weight excluding hydrogens is 385 g/mol. The Bertz CT molecular complexity index is 1060. The van der Waals surface area contributed by atoms with Gasteiger partial charge in [0.2, 0.25) is 5.91 Å². The molecule has 2 aromatic carbocycles. The second-order valence-corrected chi connectivity index (χ2v) is 6.27. The number of amides is 2. The molecule has 2 N–H and O–H groups in total. The largest absolute Gasteiger partial charge is 0.434 e. The van der Waals surface area contributed by atoms with Gasteiger partial charge in [0.1, 0.15) is 0 Å². The van der Waals surface area contributed by atoms with Crippen LogP contribution >= 0.6 is 0 Å². The van der Waals surface area contributed by atoms with Crippen LogP contribution in [-0.4, -0.2) is 21.6 Å². The number of para-hydroxylation sites is 1. The number of nitrogens with zero attached hydrogens (tertiary/aromatic N) is 2. The van der Waals surface area contributed by atoms with Crippen molar-refractivity contribution in [2.75, 3.05) is 10.6 Å². The van der Waals surface area contributed by atoms with Crippen LogP contribution in [0.3, 0.4) is 0 Å². The van der Waals surface area contributed by atoms with Crippen molar-refractivity contribution in [3.63, 3.8) is 0 Å². The van der Waals surface area contributed by atoms with E-state index in [2.05, 4.69) is 15.7 Å². The quantitative estimate of drug-likeness (QED) is 0.679. The number of hydrogen-bond donors (Lipinski definition) is 2. The molecule has 150 valence electrons. The highest BCUT2D eigenvalue weighted by Gasteiger charge is 2.40. The van der Waals surface area contributed by atoms with Gasteiger partial charge < -0.3 is 10.6 Å². The molecule has 0 saturated carbocycles. The average molecular weight is 402 g/mol. The Kier molecular flexibility index (Phi) is 5.40. The van der Waals surface area contributed by atoms with E-state index in [1.54, 1.807) is 37.3 Å². The number of nitrogens with one attached hydrogen (secondary N) is 2. The summed E-state index contributed by atoms with van der Waals surface area (Å²) in [6, 6.07) is 12.5. The third-order valence-electron chi connectivity index (χ3n) is 4.18. The van der Waals surface area contributed by atoms with Crippen molar-refractivity contribution >= 4 is 23.2 Å². The summed E-state index contributed by atoms with van der Waals surface area (Å²) in [5.41, 5.74) is -0.349. The van der Waals surface area contributed by atoms with Crippen LogP contribution in [0.4, 0.5) is 24.5 Å². The van der Waals surface area contributed by atoms with E-state index in [0.29, 0.717) is 15.9 Å². The van der Waals surface area contributed by atoms with Crippen molar-refractivity contribution in [1.29, 1.82) is 0 Å². The van der Waals surface area contributed by atoms with E-state index in [1.807, 2.05) is 0 Å². The minimum atomic E-state index is -4.80. The first-order valence-corrected chi connectivity index (χ1v) is 8.57. The topological polar surface area (TPSA) is 76.0 Å². The smallest absolute Gasteiger partial charge is 0.326 e. The molecule has 0 aliphatic rings. The van der Waals surface area contributed by atoms with Gasteiger partial charge in [0, 0.05) is 18.3 Å². The molecule has 3 aromatic rings. The fourth-order valence-electron chi connectivity index (χ4n) is 2.84. The van der Waals surface area contributed by atoms with E-state index in [0.717, 1.165) is 6.20 Å². The second kappa shape index (κ2) is 7.78. The number of alkyl halides is 3. The summed E-state index contributed by atoms with van der Waals surface area (Å²) in [5, 5.41) is 8.85. The third-order valence-corrected chi connectivity index (χ3v) is 4.18. The molecule has 1 heterocycles. The van der Waals surface area contributed by atoms with E-state index in [1.165, 1.54) is 25.1 Å². The summed E-state index contributed by atoms with van der Waals surface area (Å²) in [7, 11) is 0. The molecule has 0 saturated heterocycles.